The predicted octanol–water partition coefficient (Wildman–Crippen LogP) is 4.60. The lowest BCUT2D eigenvalue weighted by Crippen LogP contribution is -2.54. The molecule has 0 spiro atoms. The summed E-state index contributed by atoms with van der Waals surface area (Å²) in [5.74, 6) is 1.33. The fraction of sp³-hybridized carbons (Fsp3) is 0.350. The summed E-state index contributed by atoms with van der Waals surface area (Å²) < 4.78 is 6.40. The van der Waals surface area contributed by atoms with Crippen molar-refractivity contribution < 1.29 is 4.74 Å². The molecular formula is C20H22N2O. The Morgan fingerprint density at radius 2 is 1.78 bits per heavy atom. The van der Waals surface area contributed by atoms with E-state index in [0.717, 1.165) is 17.9 Å². The molecule has 2 aromatic carbocycles. The van der Waals surface area contributed by atoms with Crippen LogP contribution in [0.15, 0.2) is 59.7 Å². The van der Waals surface area contributed by atoms with Gasteiger partial charge in [0.15, 0.2) is 5.72 Å². The minimum atomic E-state index is -0.421. The number of benzene rings is 2. The van der Waals surface area contributed by atoms with Crippen LogP contribution in [0, 0.1) is 5.92 Å². The van der Waals surface area contributed by atoms with Crippen LogP contribution in [0.5, 0.6) is 5.75 Å². The smallest absolute Gasteiger partial charge is 0.197 e. The third-order valence-corrected chi connectivity index (χ3v) is 5.14. The van der Waals surface area contributed by atoms with Crippen molar-refractivity contribution in [2.75, 3.05) is 0 Å². The van der Waals surface area contributed by atoms with Gasteiger partial charge in [-0.15, -0.1) is 0 Å². The highest BCUT2D eigenvalue weighted by Crippen LogP contribution is 2.48. The molecule has 2 aliphatic rings. The SMILES string of the molecule is CC(C)[C@]1(C)Oc2ccccc2[C@H]2CC(c3ccccc3)=NN21. The van der Waals surface area contributed by atoms with Crippen LogP contribution in [0.25, 0.3) is 0 Å². The van der Waals surface area contributed by atoms with E-state index in [1.807, 2.05) is 12.1 Å². The van der Waals surface area contributed by atoms with Crippen LogP contribution in [0.1, 0.15) is 44.4 Å². The zero-order valence-electron chi connectivity index (χ0n) is 13.9. The molecule has 2 heterocycles. The van der Waals surface area contributed by atoms with Crippen LogP contribution in [0.4, 0.5) is 0 Å². The first-order valence-electron chi connectivity index (χ1n) is 8.30. The second-order valence-electron chi connectivity index (χ2n) is 6.83. The minimum Gasteiger partial charge on any atom is -0.466 e. The maximum absolute atomic E-state index is 6.40. The zero-order chi connectivity index (χ0) is 16.0. The number of ether oxygens (including phenoxy) is 1. The molecule has 2 atom stereocenters. The largest absolute Gasteiger partial charge is 0.466 e. The van der Waals surface area contributed by atoms with Gasteiger partial charge in [0.2, 0.25) is 0 Å². The molecule has 0 bridgehead atoms. The summed E-state index contributed by atoms with van der Waals surface area (Å²) in [6.45, 7) is 6.54. The normalized spacial score (nSPS) is 25.7. The molecule has 0 aromatic heterocycles. The number of hydrogen-bond donors (Lipinski definition) is 0. The standard InChI is InChI=1S/C20H22N2O/c1-14(2)20(3)22-18(16-11-7-8-12-19(16)23-20)13-17(21-22)15-9-5-4-6-10-15/h4-12,14,18H,13H2,1-3H3/t18-,20+/m1/s1. The number of nitrogens with zero attached hydrogens (tertiary/aromatic N) is 2. The fourth-order valence-corrected chi connectivity index (χ4v) is 3.47. The Morgan fingerprint density at radius 3 is 2.52 bits per heavy atom. The van der Waals surface area contributed by atoms with Crippen LogP contribution < -0.4 is 4.74 Å². The van der Waals surface area contributed by atoms with Crippen molar-refractivity contribution in [2.24, 2.45) is 11.0 Å². The summed E-state index contributed by atoms with van der Waals surface area (Å²) >= 11 is 0. The Bertz CT molecular complexity index is 753. The lowest BCUT2D eigenvalue weighted by atomic mass is 9.91. The Kier molecular flexibility index (Phi) is 3.19. The van der Waals surface area contributed by atoms with Crippen LogP contribution in [-0.2, 0) is 0 Å². The van der Waals surface area contributed by atoms with E-state index in [2.05, 4.69) is 68.2 Å². The van der Waals surface area contributed by atoms with Gasteiger partial charge in [-0.2, -0.15) is 5.10 Å². The summed E-state index contributed by atoms with van der Waals surface area (Å²) in [5.41, 5.74) is 3.16. The van der Waals surface area contributed by atoms with Crippen molar-refractivity contribution in [3.63, 3.8) is 0 Å². The molecular weight excluding hydrogens is 284 g/mol. The molecule has 23 heavy (non-hydrogen) atoms. The molecule has 2 aliphatic heterocycles. The maximum atomic E-state index is 6.40. The van der Waals surface area contributed by atoms with Gasteiger partial charge in [-0.05, 0) is 18.6 Å². The first kappa shape index (κ1) is 14.3. The summed E-state index contributed by atoms with van der Waals surface area (Å²) in [4.78, 5) is 0. The number of hydrogen-bond acceptors (Lipinski definition) is 3. The van der Waals surface area contributed by atoms with Crippen molar-refractivity contribution >= 4 is 5.71 Å². The highest BCUT2D eigenvalue weighted by atomic mass is 16.5. The van der Waals surface area contributed by atoms with Gasteiger partial charge in [0, 0.05) is 17.9 Å². The molecule has 4 rings (SSSR count). The Balaban J connectivity index is 1.81. The van der Waals surface area contributed by atoms with E-state index >= 15 is 0 Å². The molecule has 0 N–H and O–H groups in total. The lowest BCUT2D eigenvalue weighted by Gasteiger charge is -2.48. The first-order chi connectivity index (χ1) is 11.1. The number of hydrazone groups is 1. The molecule has 0 amide bonds. The molecule has 0 saturated carbocycles. The molecule has 2 aromatic rings. The van der Waals surface area contributed by atoms with Crippen molar-refractivity contribution in [2.45, 2.75) is 39.0 Å². The second-order valence-corrected chi connectivity index (χ2v) is 6.83. The fourth-order valence-electron chi connectivity index (χ4n) is 3.47. The molecule has 3 nitrogen and oxygen atoms in total. The summed E-state index contributed by atoms with van der Waals surface area (Å²) in [5, 5.41) is 7.16. The number of para-hydroxylation sites is 1. The number of rotatable bonds is 2. The average molecular weight is 306 g/mol. The monoisotopic (exact) mass is 306 g/mol. The molecule has 0 saturated heterocycles. The van der Waals surface area contributed by atoms with Gasteiger partial charge >= 0.3 is 0 Å². The van der Waals surface area contributed by atoms with Gasteiger partial charge in [-0.3, -0.25) is 0 Å². The van der Waals surface area contributed by atoms with Crippen LogP contribution in [0.3, 0.4) is 0 Å². The van der Waals surface area contributed by atoms with Crippen molar-refractivity contribution in [3.8, 4) is 5.75 Å². The van der Waals surface area contributed by atoms with Gasteiger partial charge in [-0.1, -0.05) is 62.4 Å². The Morgan fingerprint density at radius 1 is 1.09 bits per heavy atom. The molecule has 0 aliphatic carbocycles. The zero-order valence-corrected chi connectivity index (χ0v) is 13.9. The topological polar surface area (TPSA) is 24.8 Å². The first-order valence-corrected chi connectivity index (χ1v) is 8.30. The van der Waals surface area contributed by atoms with Crippen molar-refractivity contribution in [1.29, 1.82) is 0 Å². The van der Waals surface area contributed by atoms with Gasteiger partial charge < -0.3 is 4.74 Å². The molecule has 118 valence electrons. The van der Waals surface area contributed by atoms with Gasteiger partial charge in [0.05, 0.1) is 11.8 Å². The summed E-state index contributed by atoms with van der Waals surface area (Å²) in [6, 6.07) is 19.1. The van der Waals surface area contributed by atoms with E-state index in [9.17, 15) is 0 Å². The van der Waals surface area contributed by atoms with E-state index in [4.69, 9.17) is 9.84 Å². The van der Waals surface area contributed by atoms with Gasteiger partial charge in [-0.25, -0.2) is 5.01 Å². The molecule has 0 radical (unpaired) electrons. The molecule has 0 fully saturated rings. The van der Waals surface area contributed by atoms with Crippen LogP contribution >= 0.6 is 0 Å². The minimum absolute atomic E-state index is 0.252. The van der Waals surface area contributed by atoms with E-state index in [0.29, 0.717) is 5.92 Å². The van der Waals surface area contributed by atoms with E-state index < -0.39 is 5.72 Å². The van der Waals surface area contributed by atoms with E-state index in [-0.39, 0.29) is 6.04 Å². The summed E-state index contributed by atoms with van der Waals surface area (Å²) in [7, 11) is 0. The molecule has 0 unspecified atom stereocenters. The Labute approximate surface area is 137 Å². The van der Waals surface area contributed by atoms with E-state index in [1.165, 1.54) is 11.1 Å². The predicted molar refractivity (Wildman–Crippen MR) is 92.5 cm³/mol. The third kappa shape index (κ3) is 2.14. The second kappa shape index (κ2) is 5.12. The third-order valence-electron chi connectivity index (χ3n) is 5.14. The van der Waals surface area contributed by atoms with Crippen LogP contribution in [0.2, 0.25) is 0 Å². The van der Waals surface area contributed by atoms with Crippen molar-refractivity contribution in [1.82, 2.24) is 5.01 Å². The van der Waals surface area contributed by atoms with Gasteiger partial charge in [0.25, 0.3) is 0 Å². The maximum Gasteiger partial charge on any atom is 0.197 e. The van der Waals surface area contributed by atoms with E-state index in [1.54, 1.807) is 0 Å². The highest BCUT2D eigenvalue weighted by Gasteiger charge is 2.49. The average Bonchev–Trinajstić information content (AvgIpc) is 3.02. The van der Waals surface area contributed by atoms with Crippen molar-refractivity contribution in [3.05, 3.63) is 65.7 Å². The highest BCUT2D eigenvalue weighted by molar-refractivity contribution is 6.01. The van der Waals surface area contributed by atoms with Gasteiger partial charge in [0.1, 0.15) is 5.75 Å². The molecule has 3 heteroatoms. The number of fused-ring (bicyclic) bond motifs is 3. The summed E-state index contributed by atoms with van der Waals surface area (Å²) in [6.07, 6.45) is 0.923. The lowest BCUT2D eigenvalue weighted by molar-refractivity contribution is -0.135. The van der Waals surface area contributed by atoms with Crippen LogP contribution in [-0.4, -0.2) is 16.4 Å². The Hall–Kier alpha value is -2.29. The quantitative estimate of drug-likeness (QED) is 0.810.